The second-order valence-electron chi connectivity index (χ2n) is 6.58. The lowest BCUT2D eigenvalue weighted by atomic mass is 10.1. The molecule has 1 aliphatic rings. The highest BCUT2D eigenvalue weighted by Crippen LogP contribution is 2.27. The van der Waals surface area contributed by atoms with E-state index in [1.807, 2.05) is 40.9 Å². The topological polar surface area (TPSA) is 53.9 Å². The fourth-order valence-electron chi connectivity index (χ4n) is 3.54. The van der Waals surface area contributed by atoms with Crippen LogP contribution in [0.5, 0.6) is 0 Å². The summed E-state index contributed by atoms with van der Waals surface area (Å²) in [6.45, 7) is 1.48. The van der Waals surface area contributed by atoms with Crippen molar-refractivity contribution in [3.05, 3.63) is 63.5 Å². The molecule has 0 fully saturated rings. The third-order valence-corrected chi connectivity index (χ3v) is 4.79. The molecule has 136 valence electrons. The van der Waals surface area contributed by atoms with E-state index in [9.17, 15) is 18.0 Å². The molecule has 3 aromatic rings. The number of hydrogen-bond acceptors (Lipinski definition) is 3. The van der Waals surface area contributed by atoms with Gasteiger partial charge in [0.05, 0.1) is 11.3 Å². The van der Waals surface area contributed by atoms with Gasteiger partial charge >= 0.3 is 6.18 Å². The van der Waals surface area contributed by atoms with Gasteiger partial charge < -0.3 is 9.55 Å². The molecule has 4 rings (SSSR count). The van der Waals surface area contributed by atoms with Gasteiger partial charge in [-0.1, -0.05) is 18.2 Å². The van der Waals surface area contributed by atoms with E-state index in [0.29, 0.717) is 31.6 Å². The minimum atomic E-state index is -4.64. The quantitative estimate of drug-likeness (QED) is 0.763. The maximum Gasteiger partial charge on any atom is 0.449 e. The number of aryl methyl sites for hydroxylation is 1. The summed E-state index contributed by atoms with van der Waals surface area (Å²) in [6.07, 6.45) is -2.27. The number of para-hydroxylation sites is 1. The van der Waals surface area contributed by atoms with Crippen LogP contribution in [0.25, 0.3) is 10.9 Å². The van der Waals surface area contributed by atoms with Crippen molar-refractivity contribution in [1.29, 1.82) is 0 Å². The lowest BCUT2D eigenvalue weighted by molar-refractivity contribution is -0.145. The van der Waals surface area contributed by atoms with Gasteiger partial charge in [-0.15, -0.1) is 0 Å². The number of rotatable bonds is 2. The predicted octanol–water partition coefficient (Wildman–Crippen LogP) is 2.84. The van der Waals surface area contributed by atoms with Crippen LogP contribution < -0.4 is 5.56 Å². The molecular formula is C18H17F3N4O. The van der Waals surface area contributed by atoms with Crippen LogP contribution in [0.2, 0.25) is 0 Å². The number of H-pyrrole nitrogens is 1. The number of fused-ring (bicyclic) bond motifs is 2. The number of halogens is 3. The Morgan fingerprint density at radius 2 is 2.04 bits per heavy atom. The Bertz CT molecular complexity index is 1040. The summed E-state index contributed by atoms with van der Waals surface area (Å²) in [6, 6.07) is 8.04. The molecule has 0 radical (unpaired) electrons. The van der Waals surface area contributed by atoms with Gasteiger partial charge in [0.25, 0.3) is 5.56 Å². The number of nitrogens with one attached hydrogen (secondary N) is 1. The minimum Gasteiger partial charge on any atom is -0.350 e. The summed E-state index contributed by atoms with van der Waals surface area (Å²) in [7, 11) is 1.98. The van der Waals surface area contributed by atoms with Gasteiger partial charge in [-0.3, -0.25) is 9.69 Å². The van der Waals surface area contributed by atoms with Gasteiger partial charge in [0.1, 0.15) is 0 Å². The number of aromatic nitrogens is 3. The van der Waals surface area contributed by atoms with E-state index in [1.54, 1.807) is 0 Å². The van der Waals surface area contributed by atoms with Crippen LogP contribution in [0.3, 0.4) is 0 Å². The summed E-state index contributed by atoms with van der Waals surface area (Å²) in [5.41, 5.74) is 2.11. The Kier molecular flexibility index (Phi) is 3.87. The van der Waals surface area contributed by atoms with Crippen molar-refractivity contribution in [1.82, 2.24) is 19.4 Å². The second-order valence-corrected chi connectivity index (χ2v) is 6.58. The minimum absolute atomic E-state index is 0.246. The van der Waals surface area contributed by atoms with Gasteiger partial charge in [-0.25, -0.2) is 4.98 Å². The van der Waals surface area contributed by atoms with Gasteiger partial charge in [-0.2, -0.15) is 13.2 Å². The molecule has 0 unspecified atom stereocenters. The summed E-state index contributed by atoms with van der Waals surface area (Å²) in [4.78, 5) is 19.7. The van der Waals surface area contributed by atoms with E-state index in [2.05, 4.69) is 16.1 Å². The molecular weight excluding hydrogens is 345 g/mol. The van der Waals surface area contributed by atoms with Crippen molar-refractivity contribution in [3.63, 3.8) is 0 Å². The Balaban J connectivity index is 1.62. The summed E-state index contributed by atoms with van der Waals surface area (Å²) < 4.78 is 40.5. The van der Waals surface area contributed by atoms with Crippen LogP contribution in [-0.2, 0) is 32.7 Å². The van der Waals surface area contributed by atoms with Gasteiger partial charge in [0, 0.05) is 50.2 Å². The highest BCUT2D eigenvalue weighted by molar-refractivity contribution is 5.83. The molecule has 0 atom stereocenters. The summed E-state index contributed by atoms with van der Waals surface area (Å²) >= 11 is 0. The molecule has 0 saturated carbocycles. The number of aromatic amines is 1. The van der Waals surface area contributed by atoms with Crippen LogP contribution >= 0.6 is 0 Å². The lowest BCUT2D eigenvalue weighted by Gasteiger charge is -2.27. The van der Waals surface area contributed by atoms with Crippen molar-refractivity contribution >= 4 is 10.9 Å². The van der Waals surface area contributed by atoms with Crippen LogP contribution in [-0.4, -0.2) is 26.0 Å². The largest absolute Gasteiger partial charge is 0.449 e. The third kappa shape index (κ3) is 2.90. The van der Waals surface area contributed by atoms with E-state index in [-0.39, 0.29) is 5.69 Å². The zero-order valence-corrected chi connectivity index (χ0v) is 14.1. The maximum atomic E-state index is 12.8. The number of benzene rings is 1. The first-order valence-corrected chi connectivity index (χ1v) is 8.27. The Morgan fingerprint density at radius 3 is 2.81 bits per heavy atom. The zero-order chi connectivity index (χ0) is 18.5. The molecule has 1 aliphatic heterocycles. The average molecular weight is 362 g/mol. The number of nitrogens with zero attached hydrogens (tertiary/aromatic N) is 3. The van der Waals surface area contributed by atoms with Gasteiger partial charge in [0.2, 0.25) is 5.82 Å². The molecule has 1 N–H and O–H groups in total. The molecule has 0 bridgehead atoms. The SMILES string of the molecule is Cn1cc(CN2CCc3nc(C(F)(F)F)[nH]c(=O)c3C2)c2ccccc21. The van der Waals surface area contributed by atoms with Crippen LogP contribution in [0, 0.1) is 0 Å². The molecule has 0 aliphatic carbocycles. The molecule has 0 spiro atoms. The Hall–Kier alpha value is -2.61. The lowest BCUT2D eigenvalue weighted by Crippen LogP contribution is -2.36. The molecule has 0 amide bonds. The van der Waals surface area contributed by atoms with E-state index in [1.165, 1.54) is 0 Å². The maximum absolute atomic E-state index is 12.8. The van der Waals surface area contributed by atoms with Crippen molar-refractivity contribution in [2.24, 2.45) is 7.05 Å². The van der Waals surface area contributed by atoms with Crippen LogP contribution in [0.15, 0.2) is 35.3 Å². The van der Waals surface area contributed by atoms with Gasteiger partial charge in [0.15, 0.2) is 0 Å². The molecule has 0 saturated heterocycles. The van der Waals surface area contributed by atoms with E-state index < -0.39 is 17.6 Å². The average Bonchev–Trinajstić information content (AvgIpc) is 2.91. The predicted molar refractivity (Wildman–Crippen MR) is 90.6 cm³/mol. The standard InChI is InChI=1S/C18H17F3N4O/c1-24-8-11(12-4-2-3-5-15(12)24)9-25-7-6-14-13(10-25)16(26)23-17(22-14)18(19,20)21/h2-5,8H,6-7,9-10H2,1H3,(H,22,23,26). The van der Waals surface area contributed by atoms with Gasteiger partial charge in [-0.05, 0) is 11.6 Å². The first-order chi connectivity index (χ1) is 12.3. The summed E-state index contributed by atoms with van der Waals surface area (Å²) in [5, 5.41) is 1.14. The van der Waals surface area contributed by atoms with E-state index >= 15 is 0 Å². The van der Waals surface area contributed by atoms with Crippen molar-refractivity contribution in [3.8, 4) is 0 Å². The molecule has 26 heavy (non-hydrogen) atoms. The zero-order valence-electron chi connectivity index (χ0n) is 14.1. The van der Waals surface area contributed by atoms with E-state index in [0.717, 1.165) is 16.5 Å². The fourth-order valence-corrected chi connectivity index (χ4v) is 3.54. The number of hydrogen-bond donors (Lipinski definition) is 1. The number of alkyl halides is 3. The van der Waals surface area contributed by atoms with Crippen molar-refractivity contribution in [2.75, 3.05) is 6.54 Å². The second kappa shape index (κ2) is 5.98. The highest BCUT2D eigenvalue weighted by Gasteiger charge is 2.36. The molecule has 3 heterocycles. The normalized spacial score (nSPS) is 15.4. The van der Waals surface area contributed by atoms with Crippen LogP contribution in [0.4, 0.5) is 13.2 Å². The fraction of sp³-hybridized carbons (Fsp3) is 0.333. The van der Waals surface area contributed by atoms with Crippen molar-refractivity contribution < 1.29 is 13.2 Å². The molecule has 5 nitrogen and oxygen atoms in total. The Labute approximate surface area is 147 Å². The molecule has 2 aromatic heterocycles. The third-order valence-electron chi connectivity index (χ3n) is 4.79. The van der Waals surface area contributed by atoms with Crippen LogP contribution in [0.1, 0.15) is 22.6 Å². The first-order valence-electron chi connectivity index (χ1n) is 8.27. The molecule has 8 heteroatoms. The smallest absolute Gasteiger partial charge is 0.350 e. The summed E-state index contributed by atoms with van der Waals surface area (Å²) in [5.74, 6) is -1.22. The highest BCUT2D eigenvalue weighted by atomic mass is 19.4. The Morgan fingerprint density at radius 1 is 1.27 bits per heavy atom. The molecule has 1 aromatic carbocycles. The monoisotopic (exact) mass is 362 g/mol. The van der Waals surface area contributed by atoms with E-state index in [4.69, 9.17) is 0 Å². The first kappa shape index (κ1) is 16.8. The van der Waals surface area contributed by atoms with Crippen molar-refractivity contribution in [2.45, 2.75) is 25.7 Å².